The Morgan fingerprint density at radius 2 is 1.64 bits per heavy atom. The molecule has 0 atom stereocenters. The Labute approximate surface area is 161 Å². The summed E-state index contributed by atoms with van der Waals surface area (Å²) in [6.07, 6.45) is 1.98. The lowest BCUT2D eigenvalue weighted by Crippen LogP contribution is -1.82. The monoisotopic (exact) mass is 372 g/mol. The van der Waals surface area contributed by atoms with Crippen molar-refractivity contribution in [1.29, 1.82) is 0 Å². The van der Waals surface area contributed by atoms with E-state index in [1.807, 2.05) is 36.5 Å². The van der Waals surface area contributed by atoms with Crippen LogP contribution in [0.15, 0.2) is 48.7 Å². The molecular formula is C22H20N4O2. The summed E-state index contributed by atoms with van der Waals surface area (Å²) in [5, 5.41) is 10.00. The number of aromatic nitrogens is 4. The normalized spacial score (nSPS) is 11.4. The van der Waals surface area contributed by atoms with Crippen molar-refractivity contribution in [1.82, 2.24) is 20.2 Å². The minimum Gasteiger partial charge on any atom is -0.497 e. The molecule has 5 rings (SSSR count). The molecule has 0 aliphatic rings. The van der Waals surface area contributed by atoms with Gasteiger partial charge in [0.05, 0.1) is 25.6 Å². The molecule has 6 heteroatoms. The lowest BCUT2D eigenvalue weighted by Gasteiger charge is -2.01. The molecule has 0 bridgehead atoms. The largest absolute Gasteiger partial charge is 0.497 e. The van der Waals surface area contributed by atoms with Crippen molar-refractivity contribution in [2.24, 2.45) is 0 Å². The number of fused-ring (bicyclic) bond motifs is 2. The van der Waals surface area contributed by atoms with Gasteiger partial charge in [-0.15, -0.1) is 0 Å². The first-order valence-corrected chi connectivity index (χ1v) is 9.05. The Balaban J connectivity index is 1.63. The molecule has 0 aliphatic heterocycles. The molecule has 6 nitrogen and oxygen atoms in total. The highest BCUT2D eigenvalue weighted by Gasteiger charge is 2.16. The number of nitrogens with zero attached hydrogens (tertiary/aromatic N) is 1. The summed E-state index contributed by atoms with van der Waals surface area (Å²) in [5.41, 5.74) is 7.19. The maximum absolute atomic E-state index is 5.40. The van der Waals surface area contributed by atoms with Gasteiger partial charge in [0.25, 0.3) is 0 Å². The third-order valence-corrected chi connectivity index (χ3v) is 5.21. The van der Waals surface area contributed by atoms with Crippen molar-refractivity contribution in [3.63, 3.8) is 0 Å². The molecule has 0 radical (unpaired) electrons. The molecule has 0 aliphatic carbocycles. The van der Waals surface area contributed by atoms with Gasteiger partial charge in [0, 0.05) is 50.9 Å². The van der Waals surface area contributed by atoms with Gasteiger partial charge in [0.15, 0.2) is 0 Å². The van der Waals surface area contributed by atoms with Gasteiger partial charge in [-0.2, -0.15) is 5.10 Å². The van der Waals surface area contributed by atoms with Crippen LogP contribution in [0, 0.1) is 6.92 Å². The number of hydrogen-bond donors (Lipinski definition) is 3. The van der Waals surface area contributed by atoms with Gasteiger partial charge in [-0.25, -0.2) is 0 Å². The van der Waals surface area contributed by atoms with Crippen LogP contribution in [0.2, 0.25) is 0 Å². The minimum atomic E-state index is 0.826. The molecule has 3 aromatic heterocycles. The van der Waals surface area contributed by atoms with Crippen LogP contribution in [0.4, 0.5) is 0 Å². The second-order valence-electron chi connectivity index (χ2n) is 6.82. The van der Waals surface area contributed by atoms with Gasteiger partial charge in [0.2, 0.25) is 0 Å². The summed E-state index contributed by atoms with van der Waals surface area (Å²) in [5.74, 6) is 1.66. The Kier molecular flexibility index (Phi) is 3.65. The van der Waals surface area contributed by atoms with Crippen LogP contribution in [0.3, 0.4) is 0 Å². The molecular weight excluding hydrogens is 352 g/mol. The van der Waals surface area contributed by atoms with Crippen molar-refractivity contribution >= 4 is 21.8 Å². The van der Waals surface area contributed by atoms with Crippen LogP contribution in [0.5, 0.6) is 11.5 Å². The van der Waals surface area contributed by atoms with Crippen LogP contribution >= 0.6 is 0 Å². The number of aryl methyl sites for hydroxylation is 1. The van der Waals surface area contributed by atoms with E-state index in [1.54, 1.807) is 14.2 Å². The molecule has 0 amide bonds. The molecule has 28 heavy (non-hydrogen) atoms. The van der Waals surface area contributed by atoms with E-state index in [0.29, 0.717) is 0 Å². The van der Waals surface area contributed by atoms with E-state index in [9.17, 15) is 0 Å². The Hall–Kier alpha value is -3.67. The molecule has 140 valence electrons. The molecule has 3 N–H and O–H groups in total. The van der Waals surface area contributed by atoms with Gasteiger partial charge in [-0.1, -0.05) is 0 Å². The molecule has 0 spiro atoms. The first kappa shape index (κ1) is 16.5. The average Bonchev–Trinajstić information content (AvgIpc) is 3.42. The van der Waals surface area contributed by atoms with E-state index in [4.69, 9.17) is 9.47 Å². The predicted octanol–water partition coefficient (Wildman–Crippen LogP) is 5.03. The predicted molar refractivity (Wildman–Crippen MR) is 111 cm³/mol. The minimum absolute atomic E-state index is 0.826. The SMILES string of the molecule is COc1ccc2c(-c3cc(-c4c(C)[nH]c5ccc(OC)cc45)[nH]n3)c[nH]c2c1. The highest BCUT2D eigenvalue weighted by atomic mass is 16.5. The highest BCUT2D eigenvalue weighted by molar-refractivity contribution is 5.99. The zero-order valence-electron chi connectivity index (χ0n) is 15.9. The average molecular weight is 372 g/mol. The number of H-pyrrole nitrogens is 3. The van der Waals surface area contributed by atoms with Gasteiger partial charge in [-0.3, -0.25) is 5.10 Å². The summed E-state index contributed by atoms with van der Waals surface area (Å²) in [7, 11) is 3.35. The van der Waals surface area contributed by atoms with E-state index in [-0.39, 0.29) is 0 Å². The molecule has 0 saturated heterocycles. The number of ether oxygens (including phenoxy) is 2. The van der Waals surface area contributed by atoms with Crippen molar-refractivity contribution < 1.29 is 9.47 Å². The number of benzene rings is 2. The van der Waals surface area contributed by atoms with Crippen LogP contribution in [-0.2, 0) is 0 Å². The number of hydrogen-bond acceptors (Lipinski definition) is 3. The van der Waals surface area contributed by atoms with E-state index in [2.05, 4.69) is 39.2 Å². The molecule has 3 heterocycles. The number of rotatable bonds is 4. The maximum atomic E-state index is 5.40. The third kappa shape index (κ3) is 2.45. The summed E-state index contributed by atoms with van der Waals surface area (Å²) in [6.45, 7) is 2.07. The van der Waals surface area contributed by atoms with Gasteiger partial charge < -0.3 is 19.4 Å². The first-order valence-electron chi connectivity index (χ1n) is 9.05. The van der Waals surface area contributed by atoms with Crippen LogP contribution in [-0.4, -0.2) is 34.4 Å². The summed E-state index contributed by atoms with van der Waals surface area (Å²) < 4.78 is 10.7. The lowest BCUT2D eigenvalue weighted by atomic mass is 10.1. The molecule has 0 saturated carbocycles. The Morgan fingerprint density at radius 1 is 0.857 bits per heavy atom. The smallest absolute Gasteiger partial charge is 0.120 e. The summed E-state index contributed by atoms with van der Waals surface area (Å²) in [6, 6.07) is 14.1. The van der Waals surface area contributed by atoms with Crippen molar-refractivity contribution in [3.8, 4) is 34.0 Å². The van der Waals surface area contributed by atoms with Gasteiger partial charge >= 0.3 is 0 Å². The van der Waals surface area contributed by atoms with E-state index in [1.165, 1.54) is 0 Å². The third-order valence-electron chi connectivity index (χ3n) is 5.21. The fourth-order valence-electron chi connectivity index (χ4n) is 3.81. The fourth-order valence-corrected chi connectivity index (χ4v) is 3.81. The second-order valence-corrected chi connectivity index (χ2v) is 6.82. The van der Waals surface area contributed by atoms with Crippen molar-refractivity contribution in [3.05, 3.63) is 54.4 Å². The van der Waals surface area contributed by atoms with Crippen molar-refractivity contribution in [2.75, 3.05) is 14.2 Å². The zero-order valence-corrected chi connectivity index (χ0v) is 15.9. The standard InChI is InChI=1S/C22H20N4O2/c1-12-22(16-8-13(27-2)5-7-18(16)24-12)21-10-20(25-26-21)17-11-23-19-9-14(28-3)4-6-15(17)19/h4-11,23-24H,1-3H3,(H,25,26). The van der Waals surface area contributed by atoms with E-state index >= 15 is 0 Å². The molecule has 5 aromatic rings. The molecule has 0 unspecified atom stereocenters. The topological polar surface area (TPSA) is 78.7 Å². The zero-order chi connectivity index (χ0) is 19.3. The van der Waals surface area contributed by atoms with E-state index < -0.39 is 0 Å². The van der Waals surface area contributed by atoms with Crippen LogP contribution in [0.25, 0.3) is 44.3 Å². The number of aromatic amines is 3. The van der Waals surface area contributed by atoms with Crippen LogP contribution < -0.4 is 9.47 Å². The number of nitrogens with one attached hydrogen (secondary N) is 3. The maximum Gasteiger partial charge on any atom is 0.120 e. The molecule has 2 aromatic carbocycles. The van der Waals surface area contributed by atoms with Gasteiger partial charge in [0.1, 0.15) is 11.5 Å². The van der Waals surface area contributed by atoms with E-state index in [0.717, 1.165) is 61.5 Å². The van der Waals surface area contributed by atoms with Crippen LogP contribution in [0.1, 0.15) is 5.69 Å². The summed E-state index contributed by atoms with van der Waals surface area (Å²) >= 11 is 0. The highest BCUT2D eigenvalue weighted by Crippen LogP contribution is 2.36. The van der Waals surface area contributed by atoms with Crippen molar-refractivity contribution in [2.45, 2.75) is 6.92 Å². The Bertz CT molecular complexity index is 1310. The summed E-state index contributed by atoms with van der Waals surface area (Å²) in [4.78, 5) is 6.74. The first-order chi connectivity index (χ1) is 13.7. The quantitative estimate of drug-likeness (QED) is 0.414. The lowest BCUT2D eigenvalue weighted by molar-refractivity contribution is 0.415. The fraction of sp³-hybridized carbons (Fsp3) is 0.136. The number of methoxy groups -OCH3 is 2. The second kappa shape index (κ2) is 6.20. The molecule has 0 fully saturated rings. The Morgan fingerprint density at radius 3 is 2.46 bits per heavy atom. The van der Waals surface area contributed by atoms with Gasteiger partial charge in [-0.05, 0) is 43.3 Å².